The fourth-order valence-corrected chi connectivity index (χ4v) is 5.26. The summed E-state index contributed by atoms with van der Waals surface area (Å²) in [5.41, 5.74) is 8.58. The highest BCUT2D eigenvalue weighted by atomic mass is 16.5. The zero-order valence-corrected chi connectivity index (χ0v) is 29.5. The predicted octanol–water partition coefficient (Wildman–Crippen LogP) is 6.59. The van der Waals surface area contributed by atoms with Crippen LogP contribution in [0.1, 0.15) is 27.9 Å². The van der Waals surface area contributed by atoms with Crippen molar-refractivity contribution in [2.45, 2.75) is 20.8 Å². The molecule has 0 aliphatic carbocycles. The van der Waals surface area contributed by atoms with Crippen molar-refractivity contribution < 1.29 is 14.3 Å². The van der Waals surface area contributed by atoms with Crippen LogP contribution in [0.25, 0.3) is 16.6 Å². The number of terminal acetylenes is 2. The van der Waals surface area contributed by atoms with Gasteiger partial charge in [-0.15, -0.1) is 12.8 Å². The Hall–Kier alpha value is -6.06. The van der Waals surface area contributed by atoms with Crippen LogP contribution < -0.4 is 20.1 Å². The highest BCUT2D eigenvalue weighted by molar-refractivity contribution is 6.11. The van der Waals surface area contributed by atoms with Crippen LogP contribution in [-0.2, 0) is 4.79 Å². The van der Waals surface area contributed by atoms with Gasteiger partial charge in [0, 0.05) is 73.4 Å². The Morgan fingerprint density at radius 1 is 0.857 bits per heavy atom. The molecule has 0 amide bonds. The van der Waals surface area contributed by atoms with E-state index in [1.165, 1.54) is 11.1 Å². The van der Waals surface area contributed by atoms with Gasteiger partial charge in [-0.1, -0.05) is 67.1 Å². The van der Waals surface area contributed by atoms with Crippen molar-refractivity contribution in [2.24, 2.45) is 4.99 Å². The lowest BCUT2D eigenvalue weighted by Crippen LogP contribution is -2.49. The molecule has 9 heteroatoms. The third kappa shape index (κ3) is 10.2. The molecule has 9 nitrogen and oxygen atoms in total. The lowest BCUT2D eigenvalue weighted by Gasteiger charge is -2.38. The van der Waals surface area contributed by atoms with E-state index < -0.39 is 0 Å². The molecule has 1 aliphatic heterocycles. The largest absolute Gasteiger partial charge is 0.493 e. The van der Waals surface area contributed by atoms with E-state index >= 15 is 0 Å². The zero-order valence-electron chi connectivity index (χ0n) is 29.5. The number of carbonyl (C=O) groups excluding carboxylic acids is 1. The van der Waals surface area contributed by atoms with Crippen molar-refractivity contribution >= 4 is 34.9 Å². The number of benzene rings is 3. The maximum atomic E-state index is 8.00. The van der Waals surface area contributed by atoms with Crippen LogP contribution in [0.3, 0.4) is 0 Å². The maximum absolute atomic E-state index is 8.00. The summed E-state index contributed by atoms with van der Waals surface area (Å²) in [6, 6.07) is 23.0. The van der Waals surface area contributed by atoms with Crippen LogP contribution in [-0.4, -0.2) is 74.9 Å². The fourth-order valence-electron chi connectivity index (χ4n) is 5.26. The Kier molecular flexibility index (Phi) is 15.6. The van der Waals surface area contributed by atoms with Crippen LogP contribution in [0.4, 0.5) is 5.69 Å². The van der Waals surface area contributed by atoms with Gasteiger partial charge < -0.3 is 39.7 Å². The van der Waals surface area contributed by atoms with Gasteiger partial charge >= 0.3 is 0 Å². The molecule has 1 fully saturated rings. The summed E-state index contributed by atoms with van der Waals surface area (Å²) in [5.74, 6) is 3.01. The summed E-state index contributed by atoms with van der Waals surface area (Å²) in [7, 11) is 5.14. The van der Waals surface area contributed by atoms with Gasteiger partial charge in [0.2, 0.25) is 0 Å². The summed E-state index contributed by atoms with van der Waals surface area (Å²) in [5, 5.41) is 7.42. The van der Waals surface area contributed by atoms with E-state index in [-0.39, 0.29) is 0 Å². The van der Waals surface area contributed by atoms with Gasteiger partial charge in [0.1, 0.15) is 12.6 Å². The van der Waals surface area contributed by atoms with E-state index in [4.69, 9.17) is 20.7 Å². The number of anilines is 1. The van der Waals surface area contributed by atoms with Crippen molar-refractivity contribution in [1.29, 1.82) is 0 Å². The van der Waals surface area contributed by atoms with Gasteiger partial charge in [0.25, 0.3) is 0 Å². The number of aryl methyl sites for hydroxylation is 3. The van der Waals surface area contributed by atoms with E-state index in [0.29, 0.717) is 11.5 Å². The van der Waals surface area contributed by atoms with E-state index in [9.17, 15) is 0 Å². The Bertz CT molecular complexity index is 1770. The second-order valence-electron chi connectivity index (χ2n) is 10.9. The van der Waals surface area contributed by atoms with Gasteiger partial charge in [-0.05, 0) is 44.5 Å². The minimum Gasteiger partial charge on any atom is -0.493 e. The molecule has 1 aliphatic rings. The molecule has 49 heavy (non-hydrogen) atoms. The third-order valence-corrected chi connectivity index (χ3v) is 7.89. The normalized spacial score (nSPS) is 12.0. The molecule has 0 spiro atoms. The summed E-state index contributed by atoms with van der Waals surface area (Å²) in [6.07, 6.45) is 13.7. The number of amidine groups is 1. The van der Waals surface area contributed by atoms with E-state index in [2.05, 4.69) is 125 Å². The minimum atomic E-state index is 0.665. The molecular weight excluding hydrogens is 612 g/mol. The van der Waals surface area contributed by atoms with E-state index in [1.807, 2.05) is 32.9 Å². The fraction of sp³-hybridized carbons (Fsp3) is 0.250. The number of piperazine rings is 1. The first-order valence-corrected chi connectivity index (χ1v) is 15.5. The lowest BCUT2D eigenvalue weighted by molar-refractivity contribution is -0.0980. The van der Waals surface area contributed by atoms with Crippen LogP contribution in [0.15, 0.2) is 84.6 Å². The summed E-state index contributed by atoms with van der Waals surface area (Å²) < 4.78 is 11.0. The average molecular weight is 661 g/mol. The molecule has 1 saturated heterocycles. The number of aromatic nitrogens is 1. The standard InChI is InChI=1S/C27H31N5O2.C10H13N.C2H2.CH2O/c1-7-28-27(26-19(3)29-23-17-25(34-6)24(33-5)16-22(23)26)32-14-12-31(13-15-32)20(4)30-21-10-8-18(2)9-11-21;1-8-4-6-10(7-5-8)9(2)11-3;2*1-2/h1,8-11,16-17,29-30H,4,12-15H2,2-3,5-6H3;4-7,11H,2H2,1,3H3;1-2H;1H2. The van der Waals surface area contributed by atoms with Gasteiger partial charge in [-0.2, -0.15) is 4.99 Å². The number of ether oxygens (including phenoxy) is 2. The highest BCUT2D eigenvalue weighted by Gasteiger charge is 2.26. The highest BCUT2D eigenvalue weighted by Crippen LogP contribution is 2.35. The summed E-state index contributed by atoms with van der Waals surface area (Å²) in [4.78, 5) is 20.4. The van der Waals surface area contributed by atoms with E-state index in [1.54, 1.807) is 14.2 Å². The number of hydrogen-bond donors (Lipinski definition) is 3. The topological polar surface area (TPSA) is 94.2 Å². The molecule has 5 rings (SSSR count). The van der Waals surface area contributed by atoms with Crippen LogP contribution in [0, 0.1) is 46.1 Å². The van der Waals surface area contributed by atoms with Crippen molar-refractivity contribution in [2.75, 3.05) is 52.8 Å². The number of methoxy groups -OCH3 is 2. The molecule has 2 heterocycles. The number of aromatic amines is 1. The molecular formula is C40H48N6O3. The molecule has 0 atom stereocenters. The Morgan fingerprint density at radius 3 is 1.88 bits per heavy atom. The predicted molar refractivity (Wildman–Crippen MR) is 205 cm³/mol. The number of nitrogens with one attached hydrogen (secondary N) is 3. The smallest absolute Gasteiger partial charge is 0.162 e. The lowest BCUT2D eigenvalue weighted by atomic mass is 10.1. The van der Waals surface area contributed by atoms with Gasteiger partial charge in [-0.25, -0.2) is 0 Å². The zero-order chi connectivity index (χ0) is 36.5. The Labute approximate surface area is 291 Å². The number of nitrogens with zero attached hydrogens (tertiary/aromatic N) is 3. The SMILES string of the molecule is C#C.C#CN=C(c1c(C)[nH]c2cc(OC)c(OC)cc12)N1CCN(C(=C)Nc2ccc(C)cc2)CC1.C=C(NC)c1ccc(C)cc1.C=O. The first-order valence-electron chi connectivity index (χ1n) is 15.5. The summed E-state index contributed by atoms with van der Waals surface area (Å²) >= 11 is 0. The molecule has 0 radical (unpaired) electrons. The maximum Gasteiger partial charge on any atom is 0.162 e. The van der Waals surface area contributed by atoms with Crippen LogP contribution in [0.5, 0.6) is 11.5 Å². The van der Waals surface area contributed by atoms with Gasteiger partial charge in [0.05, 0.1) is 25.6 Å². The van der Waals surface area contributed by atoms with E-state index in [0.717, 1.165) is 76.9 Å². The molecule has 0 bridgehead atoms. The average Bonchev–Trinajstić information content (AvgIpc) is 3.46. The molecule has 0 unspecified atom stereocenters. The Balaban J connectivity index is 0.000000466. The van der Waals surface area contributed by atoms with Gasteiger partial charge in [0.15, 0.2) is 11.5 Å². The molecule has 1 aromatic heterocycles. The van der Waals surface area contributed by atoms with Crippen molar-refractivity contribution in [3.05, 3.63) is 108 Å². The summed E-state index contributed by atoms with van der Waals surface area (Å²) in [6.45, 7) is 19.4. The second kappa shape index (κ2) is 19.6. The van der Waals surface area contributed by atoms with Gasteiger partial charge in [-0.3, -0.25) is 0 Å². The third-order valence-electron chi connectivity index (χ3n) is 7.89. The number of rotatable bonds is 8. The number of hydrogen-bond acceptors (Lipinski definition) is 7. The quantitative estimate of drug-likeness (QED) is 0.112. The number of carbonyl (C=O) groups is 1. The number of H-pyrrole nitrogens is 1. The van der Waals surface area contributed by atoms with Crippen LogP contribution >= 0.6 is 0 Å². The first kappa shape index (κ1) is 39.1. The van der Waals surface area contributed by atoms with Crippen molar-refractivity contribution in [3.8, 4) is 36.8 Å². The molecule has 0 saturated carbocycles. The number of fused-ring (bicyclic) bond motifs is 1. The molecule has 256 valence electrons. The van der Waals surface area contributed by atoms with Crippen LogP contribution in [0.2, 0.25) is 0 Å². The monoisotopic (exact) mass is 660 g/mol. The molecule has 3 aromatic carbocycles. The van der Waals surface area contributed by atoms with Crippen molar-refractivity contribution in [3.63, 3.8) is 0 Å². The first-order chi connectivity index (χ1) is 23.7. The second-order valence-corrected chi connectivity index (χ2v) is 10.9. The Morgan fingerprint density at radius 2 is 1.37 bits per heavy atom. The minimum absolute atomic E-state index is 0.665. The number of aliphatic imine (C=N–C) groups is 1. The molecule has 3 N–H and O–H groups in total. The molecule has 4 aromatic rings. The van der Waals surface area contributed by atoms with Crippen molar-refractivity contribution in [1.82, 2.24) is 20.1 Å².